The third-order valence-corrected chi connectivity index (χ3v) is 3.59. The minimum atomic E-state index is -0.641. The van der Waals surface area contributed by atoms with Crippen molar-refractivity contribution in [1.29, 1.82) is 0 Å². The normalized spacial score (nSPS) is 13.1. The molecular formula is C16H19N3O5. The van der Waals surface area contributed by atoms with Crippen molar-refractivity contribution in [3.8, 4) is 11.5 Å². The summed E-state index contributed by atoms with van der Waals surface area (Å²) < 4.78 is 16.5. The Balaban J connectivity index is 1.65. The number of amides is 1. The van der Waals surface area contributed by atoms with E-state index in [0.29, 0.717) is 23.9 Å². The van der Waals surface area contributed by atoms with Gasteiger partial charge in [-0.05, 0) is 17.7 Å². The number of nitrogens with zero attached hydrogens (tertiary/aromatic N) is 2. The Hall–Kier alpha value is -2.77. The molecule has 0 saturated heterocycles. The lowest BCUT2D eigenvalue weighted by Crippen LogP contribution is -2.33. The van der Waals surface area contributed by atoms with E-state index in [1.165, 1.54) is 4.57 Å². The number of benzene rings is 1. The summed E-state index contributed by atoms with van der Waals surface area (Å²) in [6, 6.07) is 5.46. The van der Waals surface area contributed by atoms with Gasteiger partial charge in [0.25, 0.3) is 0 Å². The van der Waals surface area contributed by atoms with E-state index in [9.17, 15) is 9.59 Å². The van der Waals surface area contributed by atoms with Crippen molar-refractivity contribution in [3.05, 3.63) is 40.1 Å². The summed E-state index contributed by atoms with van der Waals surface area (Å²) in [6.07, 6.45) is 0. The van der Waals surface area contributed by atoms with E-state index in [1.54, 1.807) is 6.07 Å². The maximum absolute atomic E-state index is 12.2. The Morgan fingerprint density at radius 1 is 1.29 bits per heavy atom. The lowest BCUT2D eigenvalue weighted by molar-refractivity contribution is -0.122. The van der Waals surface area contributed by atoms with Crippen LogP contribution in [0.4, 0.5) is 0 Å². The van der Waals surface area contributed by atoms with Crippen LogP contribution in [0.1, 0.15) is 32.2 Å². The van der Waals surface area contributed by atoms with Crippen LogP contribution in [0, 0.1) is 0 Å². The van der Waals surface area contributed by atoms with Gasteiger partial charge in [-0.1, -0.05) is 32.0 Å². The minimum Gasteiger partial charge on any atom is -0.454 e. The molecule has 2 aromatic rings. The summed E-state index contributed by atoms with van der Waals surface area (Å²) in [5, 5.41) is 6.53. The van der Waals surface area contributed by atoms with Crippen LogP contribution in [0.25, 0.3) is 0 Å². The second-order valence-electron chi connectivity index (χ2n) is 6.57. The Labute approximate surface area is 138 Å². The summed E-state index contributed by atoms with van der Waals surface area (Å²) in [7, 11) is 0. The summed E-state index contributed by atoms with van der Waals surface area (Å²) in [6.45, 7) is 6.07. The van der Waals surface area contributed by atoms with Crippen LogP contribution >= 0.6 is 0 Å². The monoisotopic (exact) mass is 333 g/mol. The van der Waals surface area contributed by atoms with Gasteiger partial charge in [0.1, 0.15) is 6.54 Å². The molecule has 1 aliphatic rings. The number of carbonyl (C=O) groups excluding carboxylic acids is 1. The van der Waals surface area contributed by atoms with Crippen molar-refractivity contribution in [2.45, 2.75) is 39.3 Å². The van der Waals surface area contributed by atoms with Crippen LogP contribution in [0.15, 0.2) is 27.5 Å². The van der Waals surface area contributed by atoms with Gasteiger partial charge in [-0.3, -0.25) is 13.9 Å². The molecule has 1 aliphatic heterocycles. The third kappa shape index (κ3) is 3.27. The lowest BCUT2D eigenvalue weighted by atomic mass is 9.96. The first-order valence-corrected chi connectivity index (χ1v) is 7.57. The van der Waals surface area contributed by atoms with Crippen molar-refractivity contribution in [1.82, 2.24) is 15.0 Å². The van der Waals surface area contributed by atoms with E-state index in [4.69, 9.17) is 9.47 Å². The van der Waals surface area contributed by atoms with Crippen molar-refractivity contribution >= 4 is 5.91 Å². The Morgan fingerprint density at radius 2 is 2.04 bits per heavy atom. The van der Waals surface area contributed by atoms with Gasteiger partial charge in [-0.25, -0.2) is 4.79 Å². The van der Waals surface area contributed by atoms with Gasteiger partial charge in [-0.15, -0.1) is 0 Å². The molecule has 0 aliphatic carbocycles. The summed E-state index contributed by atoms with van der Waals surface area (Å²) >= 11 is 0. The zero-order valence-electron chi connectivity index (χ0n) is 13.8. The van der Waals surface area contributed by atoms with E-state index in [2.05, 4.69) is 15.0 Å². The predicted octanol–water partition coefficient (Wildman–Crippen LogP) is 1.18. The largest absolute Gasteiger partial charge is 0.454 e. The zero-order valence-corrected chi connectivity index (χ0v) is 13.8. The van der Waals surface area contributed by atoms with E-state index in [-0.39, 0.29) is 19.2 Å². The average Bonchev–Trinajstić information content (AvgIpc) is 3.11. The summed E-state index contributed by atoms with van der Waals surface area (Å²) in [4.78, 5) is 23.9. The molecule has 3 rings (SSSR count). The number of carbonyl (C=O) groups is 1. The van der Waals surface area contributed by atoms with E-state index < -0.39 is 11.2 Å². The Bertz CT molecular complexity index is 816. The SMILES string of the molecule is CC(C)(C)c1noc(=O)n1CC(=O)NCc1ccc2c(c1)OCO2. The first kappa shape index (κ1) is 16.1. The molecule has 8 heteroatoms. The number of aromatic nitrogens is 2. The summed E-state index contributed by atoms with van der Waals surface area (Å²) in [5.41, 5.74) is 0.477. The van der Waals surface area contributed by atoms with Crippen LogP contribution in [0.5, 0.6) is 11.5 Å². The van der Waals surface area contributed by atoms with E-state index >= 15 is 0 Å². The highest BCUT2D eigenvalue weighted by atomic mass is 16.7. The van der Waals surface area contributed by atoms with Gasteiger partial charge in [0.05, 0.1) is 0 Å². The van der Waals surface area contributed by atoms with Crippen molar-refractivity contribution < 1.29 is 18.8 Å². The summed E-state index contributed by atoms with van der Waals surface area (Å²) in [5.74, 6) is 0.843. The molecule has 0 fully saturated rings. The molecule has 0 unspecified atom stereocenters. The van der Waals surface area contributed by atoms with E-state index in [1.807, 2.05) is 32.9 Å². The average molecular weight is 333 g/mol. The smallest absolute Gasteiger partial charge is 0.442 e. The topological polar surface area (TPSA) is 95.6 Å². The Kier molecular flexibility index (Phi) is 4.04. The first-order valence-electron chi connectivity index (χ1n) is 7.57. The molecule has 0 spiro atoms. The fraction of sp³-hybridized carbons (Fsp3) is 0.438. The van der Waals surface area contributed by atoms with E-state index in [0.717, 1.165) is 5.56 Å². The van der Waals surface area contributed by atoms with Crippen LogP contribution in [-0.2, 0) is 23.3 Å². The maximum Gasteiger partial charge on any atom is 0.442 e. The fourth-order valence-corrected chi connectivity index (χ4v) is 2.40. The molecule has 1 N–H and O–H groups in total. The van der Waals surface area contributed by atoms with Crippen molar-refractivity contribution in [2.24, 2.45) is 0 Å². The quantitative estimate of drug-likeness (QED) is 0.902. The second-order valence-corrected chi connectivity index (χ2v) is 6.57. The van der Waals surface area contributed by atoms with Crippen LogP contribution < -0.4 is 20.5 Å². The fourth-order valence-electron chi connectivity index (χ4n) is 2.40. The van der Waals surface area contributed by atoms with Crippen LogP contribution in [-0.4, -0.2) is 22.4 Å². The van der Waals surface area contributed by atoms with Gasteiger partial charge in [-0.2, -0.15) is 0 Å². The number of rotatable bonds is 4. The highest BCUT2D eigenvalue weighted by Crippen LogP contribution is 2.32. The second kappa shape index (κ2) is 6.03. The van der Waals surface area contributed by atoms with Gasteiger partial charge < -0.3 is 14.8 Å². The van der Waals surface area contributed by atoms with Gasteiger partial charge in [0.15, 0.2) is 17.3 Å². The number of ether oxygens (including phenoxy) is 2. The predicted molar refractivity (Wildman–Crippen MR) is 83.9 cm³/mol. The van der Waals surface area contributed by atoms with Crippen LogP contribution in [0.2, 0.25) is 0 Å². The molecule has 1 aromatic heterocycles. The highest BCUT2D eigenvalue weighted by molar-refractivity contribution is 5.75. The maximum atomic E-state index is 12.2. The molecule has 1 aromatic carbocycles. The molecule has 2 heterocycles. The number of hydrogen-bond acceptors (Lipinski definition) is 6. The first-order chi connectivity index (χ1) is 11.3. The van der Waals surface area contributed by atoms with Crippen LogP contribution in [0.3, 0.4) is 0 Å². The van der Waals surface area contributed by atoms with Gasteiger partial charge in [0, 0.05) is 12.0 Å². The molecule has 24 heavy (non-hydrogen) atoms. The van der Waals surface area contributed by atoms with Gasteiger partial charge >= 0.3 is 5.76 Å². The minimum absolute atomic E-state index is 0.139. The number of nitrogens with one attached hydrogen (secondary N) is 1. The third-order valence-electron chi connectivity index (χ3n) is 3.59. The lowest BCUT2D eigenvalue weighted by Gasteiger charge is -2.16. The molecule has 0 bridgehead atoms. The molecule has 128 valence electrons. The van der Waals surface area contributed by atoms with Crippen molar-refractivity contribution in [3.63, 3.8) is 0 Å². The molecular weight excluding hydrogens is 314 g/mol. The molecule has 0 radical (unpaired) electrons. The number of fused-ring (bicyclic) bond motifs is 1. The molecule has 8 nitrogen and oxygen atoms in total. The zero-order chi connectivity index (χ0) is 17.3. The van der Waals surface area contributed by atoms with Crippen molar-refractivity contribution in [2.75, 3.05) is 6.79 Å². The molecule has 1 amide bonds. The molecule has 0 saturated carbocycles. The van der Waals surface area contributed by atoms with Gasteiger partial charge in [0.2, 0.25) is 12.7 Å². The Morgan fingerprint density at radius 3 is 2.79 bits per heavy atom. The standard InChI is InChI=1S/C16H19N3O5/c1-16(2,3)14-18-24-15(21)19(14)8-13(20)17-7-10-4-5-11-12(6-10)23-9-22-11/h4-6H,7-9H2,1-3H3,(H,17,20). The number of hydrogen-bond donors (Lipinski definition) is 1. The molecule has 0 atom stereocenters. The highest BCUT2D eigenvalue weighted by Gasteiger charge is 2.25.